The van der Waals surface area contributed by atoms with Gasteiger partial charge in [-0.3, -0.25) is 0 Å². The van der Waals surface area contributed by atoms with Crippen LogP contribution in [-0.2, 0) is 14.8 Å². The van der Waals surface area contributed by atoms with Gasteiger partial charge in [-0.15, -0.1) is 0 Å². The quantitative estimate of drug-likeness (QED) is 0.592. The van der Waals surface area contributed by atoms with Crippen molar-refractivity contribution < 1.29 is 27.4 Å². The fraction of sp³-hybridized carbons (Fsp3) is 0.350. The van der Waals surface area contributed by atoms with Crippen LogP contribution in [0.15, 0.2) is 41.3 Å². The average molecular weight is 442 g/mol. The fourth-order valence-electron chi connectivity index (χ4n) is 2.64. The average Bonchev–Trinajstić information content (AvgIpc) is 2.68. The number of carbonyl (C=O) groups excluding carboxylic acids is 1. The van der Waals surface area contributed by atoms with E-state index in [4.69, 9.17) is 21.1 Å². The highest BCUT2D eigenvalue weighted by Gasteiger charge is 2.22. The van der Waals surface area contributed by atoms with Gasteiger partial charge in [0.25, 0.3) is 0 Å². The van der Waals surface area contributed by atoms with Crippen molar-refractivity contribution in [2.45, 2.75) is 31.7 Å². The van der Waals surface area contributed by atoms with Gasteiger partial charge in [0.15, 0.2) is 11.5 Å². The number of hydrogen-bond acceptors (Lipinski definition) is 6. The van der Waals surface area contributed by atoms with Crippen LogP contribution in [-0.4, -0.2) is 34.7 Å². The number of methoxy groups -OCH3 is 1. The van der Waals surface area contributed by atoms with Crippen molar-refractivity contribution in [1.29, 1.82) is 0 Å². The van der Waals surface area contributed by atoms with Crippen LogP contribution in [0.25, 0.3) is 0 Å². The van der Waals surface area contributed by atoms with Crippen LogP contribution in [0.3, 0.4) is 0 Å². The van der Waals surface area contributed by atoms with E-state index in [1.54, 1.807) is 25.1 Å². The summed E-state index contributed by atoms with van der Waals surface area (Å²) in [5.41, 5.74) is 0.673. The van der Waals surface area contributed by atoms with Crippen LogP contribution < -0.4 is 14.2 Å². The van der Waals surface area contributed by atoms with E-state index in [-0.39, 0.29) is 15.5 Å². The molecular formula is C20H24ClNO6S. The number of ether oxygens (including phenoxy) is 3. The maximum Gasteiger partial charge on any atom is 0.339 e. The number of nitrogens with one attached hydrogen (secondary N) is 1. The minimum atomic E-state index is -3.92. The maximum atomic E-state index is 12.8. The Morgan fingerprint density at radius 3 is 2.34 bits per heavy atom. The molecule has 9 heteroatoms. The Morgan fingerprint density at radius 2 is 1.72 bits per heavy atom. The minimum absolute atomic E-state index is 0.0237. The van der Waals surface area contributed by atoms with E-state index < -0.39 is 22.0 Å². The van der Waals surface area contributed by atoms with Gasteiger partial charge < -0.3 is 14.2 Å². The molecule has 0 heterocycles. The number of sulfonamides is 1. The highest BCUT2D eigenvalue weighted by Crippen LogP contribution is 2.31. The molecule has 1 atom stereocenters. The van der Waals surface area contributed by atoms with Crippen LogP contribution >= 0.6 is 11.6 Å². The van der Waals surface area contributed by atoms with Gasteiger partial charge in [-0.25, -0.2) is 17.9 Å². The number of benzene rings is 2. The SMILES string of the molecule is CCOc1ccc([C@H](C)NS(=O)(=O)c2ccc(Cl)c(C(=O)OC)c2)cc1OCC. The lowest BCUT2D eigenvalue weighted by Crippen LogP contribution is -2.27. The number of halogens is 1. The molecule has 2 aromatic rings. The Bertz CT molecular complexity index is 977. The van der Waals surface area contributed by atoms with Crippen molar-refractivity contribution in [2.24, 2.45) is 0 Å². The van der Waals surface area contributed by atoms with E-state index in [1.807, 2.05) is 13.8 Å². The third kappa shape index (κ3) is 5.62. The molecule has 0 bridgehead atoms. The van der Waals surface area contributed by atoms with Crippen molar-refractivity contribution in [3.8, 4) is 11.5 Å². The second kappa shape index (κ2) is 9.96. The summed E-state index contributed by atoms with van der Waals surface area (Å²) < 4.78 is 44.0. The predicted molar refractivity (Wildman–Crippen MR) is 110 cm³/mol. The Kier molecular flexibility index (Phi) is 7.89. The van der Waals surface area contributed by atoms with E-state index in [0.29, 0.717) is 30.3 Å². The predicted octanol–water partition coefficient (Wildman–Crippen LogP) is 3.96. The summed E-state index contributed by atoms with van der Waals surface area (Å²) in [4.78, 5) is 11.7. The lowest BCUT2D eigenvalue weighted by molar-refractivity contribution is 0.0600. The van der Waals surface area contributed by atoms with E-state index >= 15 is 0 Å². The second-order valence-electron chi connectivity index (χ2n) is 6.05. The molecular weight excluding hydrogens is 418 g/mol. The topological polar surface area (TPSA) is 90.9 Å². The molecule has 158 valence electrons. The first-order chi connectivity index (χ1) is 13.7. The Morgan fingerprint density at radius 1 is 1.07 bits per heavy atom. The summed E-state index contributed by atoms with van der Waals surface area (Å²) in [7, 11) is -2.73. The smallest absolute Gasteiger partial charge is 0.339 e. The normalized spacial score (nSPS) is 12.3. The van der Waals surface area contributed by atoms with Crippen molar-refractivity contribution in [3.63, 3.8) is 0 Å². The molecule has 7 nitrogen and oxygen atoms in total. The molecule has 0 fully saturated rings. The number of esters is 1. The van der Waals surface area contributed by atoms with Gasteiger partial charge >= 0.3 is 5.97 Å². The zero-order chi connectivity index (χ0) is 21.6. The summed E-state index contributed by atoms with van der Waals surface area (Å²) in [6.07, 6.45) is 0. The van der Waals surface area contributed by atoms with Gasteiger partial charge in [0.1, 0.15) is 0 Å². The Labute approximate surface area is 176 Å². The van der Waals surface area contributed by atoms with Gasteiger partial charge in [-0.05, 0) is 56.7 Å². The van der Waals surface area contributed by atoms with Gasteiger partial charge in [0.05, 0.1) is 35.8 Å². The van der Waals surface area contributed by atoms with Gasteiger partial charge in [0, 0.05) is 6.04 Å². The highest BCUT2D eigenvalue weighted by molar-refractivity contribution is 7.89. The molecule has 0 saturated carbocycles. The van der Waals surface area contributed by atoms with Crippen molar-refractivity contribution in [3.05, 3.63) is 52.5 Å². The van der Waals surface area contributed by atoms with Gasteiger partial charge in [0.2, 0.25) is 10.0 Å². The minimum Gasteiger partial charge on any atom is -0.490 e. The number of carbonyl (C=O) groups is 1. The highest BCUT2D eigenvalue weighted by atomic mass is 35.5. The van der Waals surface area contributed by atoms with E-state index in [1.165, 1.54) is 25.3 Å². The molecule has 2 aromatic carbocycles. The monoisotopic (exact) mass is 441 g/mol. The lowest BCUT2D eigenvalue weighted by atomic mass is 10.1. The lowest BCUT2D eigenvalue weighted by Gasteiger charge is -2.18. The third-order valence-corrected chi connectivity index (χ3v) is 5.92. The van der Waals surface area contributed by atoms with Crippen LogP contribution in [0.5, 0.6) is 11.5 Å². The molecule has 0 spiro atoms. The van der Waals surface area contributed by atoms with Crippen LogP contribution in [0.2, 0.25) is 5.02 Å². The molecule has 0 aliphatic rings. The molecule has 0 aromatic heterocycles. The van der Waals surface area contributed by atoms with E-state index in [0.717, 1.165) is 0 Å². The van der Waals surface area contributed by atoms with Gasteiger partial charge in [-0.1, -0.05) is 17.7 Å². The van der Waals surface area contributed by atoms with E-state index in [9.17, 15) is 13.2 Å². The number of hydrogen-bond donors (Lipinski definition) is 1. The fourth-order valence-corrected chi connectivity index (χ4v) is 4.10. The molecule has 0 amide bonds. The summed E-state index contributed by atoms with van der Waals surface area (Å²) in [6.45, 7) is 6.37. The summed E-state index contributed by atoms with van der Waals surface area (Å²) in [5.74, 6) is 0.416. The molecule has 0 saturated heterocycles. The summed E-state index contributed by atoms with van der Waals surface area (Å²) >= 11 is 5.97. The largest absolute Gasteiger partial charge is 0.490 e. The zero-order valence-corrected chi connectivity index (χ0v) is 18.3. The van der Waals surface area contributed by atoms with Crippen molar-refractivity contribution in [2.75, 3.05) is 20.3 Å². The van der Waals surface area contributed by atoms with Crippen LogP contribution in [0, 0.1) is 0 Å². The molecule has 0 aliphatic carbocycles. The van der Waals surface area contributed by atoms with Crippen LogP contribution in [0.4, 0.5) is 0 Å². The zero-order valence-electron chi connectivity index (χ0n) is 16.7. The van der Waals surface area contributed by atoms with Crippen LogP contribution in [0.1, 0.15) is 42.7 Å². The molecule has 2 rings (SSSR count). The molecule has 29 heavy (non-hydrogen) atoms. The first kappa shape index (κ1) is 23.0. The first-order valence-electron chi connectivity index (χ1n) is 9.03. The standard InChI is InChI=1S/C20H24ClNO6S/c1-5-27-18-10-7-14(11-19(18)28-6-2)13(3)22-29(24,25)15-8-9-17(21)16(12-15)20(23)26-4/h7-13,22H,5-6H2,1-4H3/t13-/m0/s1. The first-order valence-corrected chi connectivity index (χ1v) is 10.9. The third-order valence-electron chi connectivity index (χ3n) is 4.05. The molecule has 0 radical (unpaired) electrons. The molecule has 0 aliphatic heterocycles. The number of rotatable bonds is 9. The maximum absolute atomic E-state index is 12.8. The summed E-state index contributed by atoms with van der Waals surface area (Å²) in [5, 5.41) is 0.108. The second-order valence-corrected chi connectivity index (χ2v) is 8.17. The molecule has 1 N–H and O–H groups in total. The summed E-state index contributed by atoms with van der Waals surface area (Å²) in [6, 6.07) is 8.54. The Balaban J connectivity index is 2.31. The van der Waals surface area contributed by atoms with Crippen molar-refractivity contribution in [1.82, 2.24) is 4.72 Å². The van der Waals surface area contributed by atoms with E-state index in [2.05, 4.69) is 9.46 Å². The van der Waals surface area contributed by atoms with Gasteiger partial charge in [-0.2, -0.15) is 0 Å². The molecule has 0 unspecified atom stereocenters. The van der Waals surface area contributed by atoms with Crippen molar-refractivity contribution >= 4 is 27.6 Å². The Hall–Kier alpha value is -2.29.